The molecule has 3 heterocycles. The number of ether oxygens (including phenoxy) is 3. The second-order valence-corrected chi connectivity index (χ2v) is 8.53. The quantitative estimate of drug-likeness (QED) is 0.431. The van der Waals surface area contributed by atoms with Gasteiger partial charge in [-0.25, -0.2) is 0 Å². The molecular weight excluding hydrogens is 412 g/mol. The molecule has 10 heteroatoms. The number of aromatic hydroxyl groups is 1. The van der Waals surface area contributed by atoms with Gasteiger partial charge in [-0.05, 0) is 20.8 Å². The second-order valence-electron chi connectivity index (χ2n) is 8.53. The van der Waals surface area contributed by atoms with E-state index < -0.39 is 54.4 Å². The van der Waals surface area contributed by atoms with Crippen LogP contribution >= 0.6 is 0 Å². The van der Waals surface area contributed by atoms with Crippen molar-refractivity contribution in [1.29, 1.82) is 0 Å². The Hall–Kier alpha value is -2.21. The summed E-state index contributed by atoms with van der Waals surface area (Å²) in [5, 5.41) is 50.4. The summed E-state index contributed by atoms with van der Waals surface area (Å²) in [5.41, 5.74) is -0.825. The fourth-order valence-electron chi connectivity index (χ4n) is 4.06. The van der Waals surface area contributed by atoms with Crippen LogP contribution in [-0.4, -0.2) is 74.6 Å². The van der Waals surface area contributed by atoms with Crippen molar-refractivity contribution in [3.05, 3.63) is 33.7 Å². The standard InChI is InChI=1S/C21H26O10/c1-8-4-10(23)15-12(28-8)6-11-9(16(15)24)5-14(21(2,3)31-11)30-20-19(27)18(26)17(25)13(7-22)29-20/h4,6,13-14,17-20,22,24-27H,5,7H2,1-3H3/t13-,14+,17-,18+,19+,20+/m1/s1. The minimum atomic E-state index is -1.58. The number of fused-ring (bicyclic) bond motifs is 2. The Balaban J connectivity index is 1.68. The van der Waals surface area contributed by atoms with Crippen LogP contribution in [-0.2, 0) is 15.9 Å². The predicted molar refractivity (Wildman–Crippen MR) is 106 cm³/mol. The highest BCUT2D eigenvalue weighted by Gasteiger charge is 2.48. The molecule has 1 aromatic heterocycles. The largest absolute Gasteiger partial charge is 0.507 e. The number of aliphatic hydroxyl groups excluding tert-OH is 4. The molecule has 0 bridgehead atoms. The first-order valence-electron chi connectivity index (χ1n) is 9.97. The van der Waals surface area contributed by atoms with Gasteiger partial charge in [0, 0.05) is 24.1 Å². The molecule has 0 saturated carbocycles. The number of aryl methyl sites for hydroxylation is 1. The Bertz CT molecular complexity index is 1040. The van der Waals surface area contributed by atoms with Gasteiger partial charge in [-0.1, -0.05) is 0 Å². The molecule has 0 spiro atoms. The van der Waals surface area contributed by atoms with Crippen molar-refractivity contribution in [1.82, 2.24) is 0 Å². The maximum atomic E-state index is 12.4. The van der Waals surface area contributed by atoms with E-state index in [0.717, 1.165) is 0 Å². The fraction of sp³-hybridized carbons (Fsp3) is 0.571. The normalized spacial score (nSPS) is 32.5. The lowest BCUT2D eigenvalue weighted by atomic mass is 9.89. The molecule has 1 saturated heterocycles. The highest BCUT2D eigenvalue weighted by atomic mass is 16.7. The lowest BCUT2D eigenvalue weighted by Gasteiger charge is -2.45. The summed E-state index contributed by atoms with van der Waals surface area (Å²) >= 11 is 0. The van der Waals surface area contributed by atoms with Gasteiger partial charge in [0.1, 0.15) is 64.3 Å². The average molecular weight is 438 g/mol. The van der Waals surface area contributed by atoms with Crippen LogP contribution in [0.2, 0.25) is 0 Å². The van der Waals surface area contributed by atoms with E-state index in [9.17, 15) is 30.3 Å². The SMILES string of the molecule is Cc1cc(=O)c2c(O)c3c(cc2o1)OC(C)(C)[C@@H](O[C@@H]1O[C@H](CO)[C@@H](O)[C@H](O)[C@@H]1O)C3. The van der Waals surface area contributed by atoms with Crippen LogP contribution < -0.4 is 10.2 Å². The highest BCUT2D eigenvalue weighted by Crippen LogP contribution is 2.43. The van der Waals surface area contributed by atoms with E-state index in [1.54, 1.807) is 26.8 Å². The van der Waals surface area contributed by atoms with Gasteiger partial charge < -0.3 is 44.2 Å². The van der Waals surface area contributed by atoms with Crippen LogP contribution in [0.1, 0.15) is 25.2 Å². The summed E-state index contributed by atoms with van der Waals surface area (Å²) in [6.45, 7) is 4.52. The lowest BCUT2D eigenvalue weighted by Crippen LogP contribution is -2.61. The first-order valence-corrected chi connectivity index (χ1v) is 9.97. The van der Waals surface area contributed by atoms with Crippen molar-refractivity contribution in [2.75, 3.05) is 6.61 Å². The van der Waals surface area contributed by atoms with Gasteiger partial charge in [0.2, 0.25) is 0 Å². The monoisotopic (exact) mass is 438 g/mol. The van der Waals surface area contributed by atoms with E-state index >= 15 is 0 Å². The molecule has 1 fully saturated rings. The smallest absolute Gasteiger partial charge is 0.196 e. The summed E-state index contributed by atoms with van der Waals surface area (Å²) in [6.07, 6.45) is -7.81. The van der Waals surface area contributed by atoms with Crippen molar-refractivity contribution in [2.45, 2.75) is 69.6 Å². The minimum Gasteiger partial charge on any atom is -0.507 e. The minimum absolute atomic E-state index is 0.0271. The summed E-state index contributed by atoms with van der Waals surface area (Å²) in [6, 6.07) is 2.83. The molecule has 2 aliphatic rings. The van der Waals surface area contributed by atoms with Gasteiger partial charge in [0.25, 0.3) is 0 Å². The van der Waals surface area contributed by atoms with E-state index in [4.69, 9.17) is 18.6 Å². The van der Waals surface area contributed by atoms with Gasteiger partial charge in [0.15, 0.2) is 11.7 Å². The number of hydrogen-bond donors (Lipinski definition) is 5. The topological polar surface area (TPSA) is 159 Å². The molecule has 6 atom stereocenters. The van der Waals surface area contributed by atoms with Crippen LogP contribution in [0.15, 0.2) is 21.3 Å². The average Bonchev–Trinajstić information content (AvgIpc) is 2.68. The number of hydrogen-bond acceptors (Lipinski definition) is 10. The molecule has 2 aromatic rings. The van der Waals surface area contributed by atoms with Gasteiger partial charge in [0.05, 0.1) is 6.61 Å². The van der Waals surface area contributed by atoms with E-state index in [0.29, 0.717) is 17.1 Å². The van der Waals surface area contributed by atoms with E-state index in [1.807, 2.05) is 0 Å². The van der Waals surface area contributed by atoms with Crippen LogP contribution in [0.25, 0.3) is 11.0 Å². The lowest BCUT2D eigenvalue weighted by molar-refractivity contribution is -0.321. The summed E-state index contributed by atoms with van der Waals surface area (Å²) < 4.78 is 22.9. The third-order valence-corrected chi connectivity index (χ3v) is 5.87. The predicted octanol–water partition coefficient (Wildman–Crippen LogP) is -0.294. The molecule has 10 nitrogen and oxygen atoms in total. The third-order valence-electron chi connectivity index (χ3n) is 5.87. The van der Waals surface area contributed by atoms with Crippen molar-refractivity contribution in [3.8, 4) is 11.5 Å². The van der Waals surface area contributed by atoms with Crippen LogP contribution in [0.5, 0.6) is 11.5 Å². The number of phenols is 1. The van der Waals surface area contributed by atoms with Crippen molar-refractivity contribution in [2.24, 2.45) is 0 Å². The number of rotatable bonds is 3. The van der Waals surface area contributed by atoms with Gasteiger partial charge in [-0.3, -0.25) is 4.79 Å². The zero-order valence-electron chi connectivity index (χ0n) is 17.3. The first kappa shape index (κ1) is 22.0. The Morgan fingerprint density at radius 2 is 1.87 bits per heavy atom. The third kappa shape index (κ3) is 3.69. The van der Waals surface area contributed by atoms with E-state index in [-0.39, 0.29) is 23.1 Å². The molecule has 0 aliphatic carbocycles. The molecule has 1 aromatic carbocycles. The number of benzene rings is 1. The molecule has 0 amide bonds. The summed E-state index contributed by atoms with van der Waals surface area (Å²) in [5.74, 6) is 0.451. The highest BCUT2D eigenvalue weighted by molar-refractivity contribution is 5.87. The molecular formula is C21H26O10. The molecule has 5 N–H and O–H groups in total. The number of phenolic OH excluding ortho intramolecular Hbond substituents is 1. The molecule has 31 heavy (non-hydrogen) atoms. The molecule has 2 aliphatic heterocycles. The van der Waals surface area contributed by atoms with E-state index in [2.05, 4.69) is 0 Å². The Labute approximate surface area is 177 Å². The van der Waals surface area contributed by atoms with Crippen LogP contribution in [0.4, 0.5) is 0 Å². The zero-order valence-corrected chi connectivity index (χ0v) is 17.3. The van der Waals surface area contributed by atoms with E-state index in [1.165, 1.54) is 6.07 Å². The summed E-state index contributed by atoms with van der Waals surface area (Å²) in [7, 11) is 0. The van der Waals surface area contributed by atoms with Crippen molar-refractivity contribution >= 4 is 11.0 Å². The molecule has 170 valence electrons. The molecule has 4 rings (SSSR count). The zero-order chi connectivity index (χ0) is 22.7. The molecule has 0 unspecified atom stereocenters. The van der Waals surface area contributed by atoms with Crippen LogP contribution in [0.3, 0.4) is 0 Å². The van der Waals surface area contributed by atoms with Crippen molar-refractivity contribution < 1.29 is 44.2 Å². The second kappa shape index (κ2) is 7.73. The van der Waals surface area contributed by atoms with Crippen LogP contribution in [0, 0.1) is 6.92 Å². The van der Waals surface area contributed by atoms with Gasteiger partial charge in [-0.15, -0.1) is 0 Å². The maximum Gasteiger partial charge on any atom is 0.196 e. The Morgan fingerprint density at radius 1 is 1.16 bits per heavy atom. The first-order chi connectivity index (χ1) is 14.5. The number of aliphatic hydroxyl groups is 4. The Kier molecular flexibility index (Phi) is 5.49. The maximum absolute atomic E-state index is 12.4. The molecule has 0 radical (unpaired) electrons. The van der Waals surface area contributed by atoms with Crippen molar-refractivity contribution in [3.63, 3.8) is 0 Å². The summed E-state index contributed by atoms with van der Waals surface area (Å²) in [4.78, 5) is 12.4. The fourth-order valence-corrected chi connectivity index (χ4v) is 4.06. The Morgan fingerprint density at radius 3 is 2.55 bits per heavy atom. The van der Waals surface area contributed by atoms with Gasteiger partial charge >= 0.3 is 0 Å². The van der Waals surface area contributed by atoms with Gasteiger partial charge in [-0.2, -0.15) is 0 Å².